The molecule has 0 saturated carbocycles. The summed E-state index contributed by atoms with van der Waals surface area (Å²) < 4.78 is 11.3. The number of carbonyl (C=O) groups is 1. The first-order valence-electron chi connectivity index (χ1n) is 14.1. The molecule has 2 heterocycles. The van der Waals surface area contributed by atoms with Crippen LogP contribution in [0.25, 0.3) is 0 Å². The third-order valence-corrected chi connectivity index (χ3v) is 8.14. The molecule has 3 aromatic rings. The SMILES string of the molecule is C#Cc1ccc(C2=N[C@@H](c3ccc(Cl)cc3)[C@@H](c3ccc(Cl)cc3)N2C(=O)N2CCN(CCOC)CC2)c(OCC)c1. The van der Waals surface area contributed by atoms with Gasteiger partial charge in [0.1, 0.15) is 17.6 Å². The molecule has 0 unspecified atom stereocenters. The van der Waals surface area contributed by atoms with Crippen LogP contribution in [0.3, 0.4) is 0 Å². The molecule has 0 radical (unpaired) electrons. The van der Waals surface area contributed by atoms with Crippen molar-refractivity contribution < 1.29 is 14.3 Å². The number of terminal acetylenes is 1. The number of piperazine rings is 1. The molecule has 1 fully saturated rings. The first-order valence-corrected chi connectivity index (χ1v) is 14.8. The van der Waals surface area contributed by atoms with Gasteiger partial charge < -0.3 is 14.4 Å². The molecule has 218 valence electrons. The largest absolute Gasteiger partial charge is 0.493 e. The maximum absolute atomic E-state index is 14.6. The average molecular weight is 606 g/mol. The first kappa shape index (κ1) is 29.9. The summed E-state index contributed by atoms with van der Waals surface area (Å²) in [5.74, 6) is 3.80. The lowest BCUT2D eigenvalue weighted by Gasteiger charge is -2.39. The molecule has 3 aromatic carbocycles. The highest BCUT2D eigenvalue weighted by Gasteiger charge is 2.45. The van der Waals surface area contributed by atoms with Crippen LogP contribution in [0.5, 0.6) is 5.75 Å². The summed E-state index contributed by atoms with van der Waals surface area (Å²) in [6.45, 7) is 6.58. The highest BCUT2D eigenvalue weighted by atomic mass is 35.5. The molecular formula is C33H34Cl2N4O3. The molecular weight excluding hydrogens is 571 g/mol. The molecule has 2 amide bonds. The van der Waals surface area contributed by atoms with E-state index in [1.165, 1.54) is 0 Å². The van der Waals surface area contributed by atoms with E-state index in [1.807, 2.05) is 83.5 Å². The molecule has 7 nitrogen and oxygen atoms in total. The monoisotopic (exact) mass is 604 g/mol. The van der Waals surface area contributed by atoms with Crippen LogP contribution in [0.15, 0.2) is 71.7 Å². The summed E-state index contributed by atoms with van der Waals surface area (Å²) in [6.07, 6.45) is 5.71. The molecule has 2 atom stereocenters. The Bertz CT molecular complexity index is 1460. The number of rotatable bonds is 8. The zero-order chi connectivity index (χ0) is 29.6. The molecule has 0 aromatic heterocycles. The molecule has 0 spiro atoms. The van der Waals surface area contributed by atoms with Gasteiger partial charge in [0.2, 0.25) is 0 Å². The number of amides is 2. The van der Waals surface area contributed by atoms with E-state index in [0.29, 0.717) is 59.1 Å². The van der Waals surface area contributed by atoms with Crippen molar-refractivity contribution in [2.45, 2.75) is 19.0 Å². The number of hydrogen-bond donors (Lipinski definition) is 0. The number of ether oxygens (including phenoxy) is 2. The lowest BCUT2D eigenvalue weighted by Crippen LogP contribution is -2.54. The van der Waals surface area contributed by atoms with Crippen LogP contribution in [0, 0.1) is 12.3 Å². The van der Waals surface area contributed by atoms with Gasteiger partial charge in [-0.3, -0.25) is 14.8 Å². The van der Waals surface area contributed by atoms with E-state index in [-0.39, 0.29) is 6.03 Å². The zero-order valence-corrected chi connectivity index (χ0v) is 25.3. The van der Waals surface area contributed by atoms with Crippen molar-refractivity contribution in [1.82, 2.24) is 14.7 Å². The highest BCUT2D eigenvalue weighted by molar-refractivity contribution is 6.30. The number of benzene rings is 3. The van der Waals surface area contributed by atoms with Crippen molar-refractivity contribution in [1.29, 1.82) is 0 Å². The maximum atomic E-state index is 14.6. The van der Waals surface area contributed by atoms with E-state index >= 15 is 0 Å². The fraction of sp³-hybridized carbons (Fsp3) is 0.333. The number of carbonyl (C=O) groups excluding carboxylic acids is 1. The highest BCUT2D eigenvalue weighted by Crippen LogP contribution is 2.45. The predicted molar refractivity (Wildman–Crippen MR) is 168 cm³/mol. The average Bonchev–Trinajstić information content (AvgIpc) is 3.41. The quantitative estimate of drug-likeness (QED) is 0.283. The van der Waals surface area contributed by atoms with Crippen molar-refractivity contribution >= 4 is 35.1 Å². The Morgan fingerprint density at radius 2 is 1.62 bits per heavy atom. The third-order valence-electron chi connectivity index (χ3n) is 7.64. The minimum Gasteiger partial charge on any atom is -0.493 e. The molecule has 2 aliphatic heterocycles. The van der Waals surface area contributed by atoms with Crippen LogP contribution < -0.4 is 4.74 Å². The van der Waals surface area contributed by atoms with Crippen molar-refractivity contribution in [3.63, 3.8) is 0 Å². The Hall–Kier alpha value is -3.54. The summed E-state index contributed by atoms with van der Waals surface area (Å²) in [7, 11) is 1.70. The van der Waals surface area contributed by atoms with E-state index in [2.05, 4.69) is 10.8 Å². The second-order valence-electron chi connectivity index (χ2n) is 10.2. The van der Waals surface area contributed by atoms with E-state index in [4.69, 9.17) is 44.1 Å². The Morgan fingerprint density at radius 1 is 0.976 bits per heavy atom. The number of hydrogen-bond acceptors (Lipinski definition) is 5. The molecule has 0 aliphatic carbocycles. The van der Waals surface area contributed by atoms with E-state index < -0.39 is 12.1 Å². The van der Waals surface area contributed by atoms with Crippen LogP contribution >= 0.6 is 23.2 Å². The van der Waals surface area contributed by atoms with Crippen molar-refractivity contribution in [3.05, 3.63) is 99.0 Å². The van der Waals surface area contributed by atoms with Crippen molar-refractivity contribution in [3.8, 4) is 18.1 Å². The van der Waals surface area contributed by atoms with Crippen LogP contribution in [0.2, 0.25) is 10.0 Å². The smallest absolute Gasteiger partial charge is 0.326 e. The Kier molecular flexibility index (Phi) is 9.71. The second kappa shape index (κ2) is 13.6. The number of methoxy groups -OCH3 is 1. The normalized spacial score (nSPS) is 19.0. The molecule has 0 N–H and O–H groups in total. The van der Waals surface area contributed by atoms with Crippen LogP contribution in [-0.4, -0.2) is 79.6 Å². The van der Waals surface area contributed by atoms with Crippen molar-refractivity contribution in [2.75, 3.05) is 53.0 Å². The van der Waals surface area contributed by atoms with E-state index in [1.54, 1.807) is 7.11 Å². The van der Waals surface area contributed by atoms with Crippen molar-refractivity contribution in [2.24, 2.45) is 4.99 Å². The van der Waals surface area contributed by atoms with Crippen LogP contribution in [0.4, 0.5) is 4.79 Å². The van der Waals surface area contributed by atoms with Gasteiger partial charge in [-0.2, -0.15) is 0 Å². The number of aliphatic imine (C=N–C) groups is 1. The van der Waals surface area contributed by atoms with Gasteiger partial charge in [0.15, 0.2) is 0 Å². The lowest BCUT2D eigenvalue weighted by atomic mass is 9.93. The molecule has 2 aliphatic rings. The molecule has 1 saturated heterocycles. The van der Waals surface area contributed by atoms with E-state index in [0.717, 1.165) is 30.8 Å². The number of nitrogens with zero attached hydrogens (tertiary/aromatic N) is 4. The number of urea groups is 1. The van der Waals surface area contributed by atoms with Gasteiger partial charge in [-0.25, -0.2) is 4.79 Å². The molecule has 5 rings (SSSR count). The standard InChI is InChI=1S/C33H34Cl2N4O3/c1-4-23-6-15-28(29(22-23)42-5-2)32-36-30(24-7-11-26(34)12-8-24)31(25-9-13-27(35)14-10-25)39(32)33(40)38-18-16-37(17-19-38)20-21-41-3/h1,6-15,22,30-31H,5,16-21H2,2-3H3/t30-,31+/m0/s1. The Balaban J connectivity index is 1.62. The van der Waals surface area contributed by atoms with Gasteiger partial charge in [0, 0.05) is 55.4 Å². The van der Waals surface area contributed by atoms with Gasteiger partial charge in [0.25, 0.3) is 0 Å². The minimum absolute atomic E-state index is 0.111. The van der Waals surface area contributed by atoms with Gasteiger partial charge in [-0.05, 0) is 60.5 Å². The third kappa shape index (κ3) is 6.43. The predicted octanol–water partition coefficient (Wildman–Crippen LogP) is 6.30. The zero-order valence-electron chi connectivity index (χ0n) is 23.8. The summed E-state index contributed by atoms with van der Waals surface area (Å²) in [4.78, 5) is 25.9. The summed E-state index contributed by atoms with van der Waals surface area (Å²) in [5, 5.41) is 1.25. The number of halogens is 2. The molecule has 9 heteroatoms. The second-order valence-corrected chi connectivity index (χ2v) is 11.1. The fourth-order valence-electron chi connectivity index (χ4n) is 5.46. The minimum atomic E-state index is -0.431. The van der Waals surface area contributed by atoms with Crippen LogP contribution in [0.1, 0.15) is 41.3 Å². The number of amidine groups is 1. The first-order chi connectivity index (χ1) is 20.4. The summed E-state index contributed by atoms with van der Waals surface area (Å²) in [6, 6.07) is 19.9. The van der Waals surface area contributed by atoms with Gasteiger partial charge in [-0.15, -0.1) is 6.42 Å². The molecule has 0 bridgehead atoms. The Labute approximate surface area is 257 Å². The van der Waals surface area contributed by atoms with E-state index in [9.17, 15) is 4.79 Å². The van der Waals surface area contributed by atoms with Crippen LogP contribution in [-0.2, 0) is 4.74 Å². The van der Waals surface area contributed by atoms with Gasteiger partial charge in [0.05, 0.1) is 24.8 Å². The Morgan fingerprint density at radius 3 is 2.21 bits per heavy atom. The summed E-state index contributed by atoms with van der Waals surface area (Å²) >= 11 is 12.5. The lowest BCUT2D eigenvalue weighted by molar-refractivity contribution is 0.0963. The topological polar surface area (TPSA) is 57.6 Å². The maximum Gasteiger partial charge on any atom is 0.326 e. The van der Waals surface area contributed by atoms with Gasteiger partial charge >= 0.3 is 6.03 Å². The van der Waals surface area contributed by atoms with Gasteiger partial charge in [-0.1, -0.05) is 53.4 Å². The molecule has 42 heavy (non-hydrogen) atoms. The summed E-state index contributed by atoms with van der Waals surface area (Å²) in [5.41, 5.74) is 3.26. The fourth-order valence-corrected chi connectivity index (χ4v) is 5.71.